The van der Waals surface area contributed by atoms with Crippen LogP contribution in [0.5, 0.6) is 0 Å². The number of carbonyl (C=O) groups is 1. The van der Waals surface area contributed by atoms with E-state index in [4.69, 9.17) is 5.73 Å². The molecule has 0 heterocycles. The van der Waals surface area contributed by atoms with E-state index in [2.05, 4.69) is 12.2 Å². The molecule has 0 aliphatic heterocycles. The summed E-state index contributed by atoms with van der Waals surface area (Å²) in [5.41, 5.74) is 6.02. The lowest BCUT2D eigenvalue weighted by Crippen LogP contribution is -2.55. The molecule has 0 spiro atoms. The predicted octanol–water partition coefficient (Wildman–Crippen LogP) is 2.31. The van der Waals surface area contributed by atoms with Gasteiger partial charge in [-0.05, 0) is 32.3 Å². The van der Waals surface area contributed by atoms with Gasteiger partial charge in [0, 0.05) is 5.54 Å². The van der Waals surface area contributed by atoms with Crippen molar-refractivity contribution >= 4 is 5.91 Å². The summed E-state index contributed by atoms with van der Waals surface area (Å²) >= 11 is 0. The fraction of sp³-hybridized carbons (Fsp3) is 0.533. The van der Waals surface area contributed by atoms with Gasteiger partial charge < -0.3 is 11.1 Å². The number of nitrogens with two attached hydrogens (primary N) is 1. The van der Waals surface area contributed by atoms with Crippen LogP contribution < -0.4 is 11.1 Å². The van der Waals surface area contributed by atoms with Crippen molar-refractivity contribution in [3.05, 3.63) is 35.9 Å². The van der Waals surface area contributed by atoms with Crippen molar-refractivity contribution in [3.8, 4) is 0 Å². The number of benzene rings is 1. The maximum absolute atomic E-state index is 12.4. The fourth-order valence-corrected chi connectivity index (χ4v) is 2.60. The zero-order valence-electron chi connectivity index (χ0n) is 11.2. The standard InChI is InChI=1S/C15H22N2O/c1-14(10-6-7-11-14)17-13(18)15(2,16)12-8-4-3-5-9-12/h3-5,8-9H,6-7,10-11,16H2,1-2H3,(H,17,18). The predicted molar refractivity (Wildman–Crippen MR) is 73.0 cm³/mol. The van der Waals surface area contributed by atoms with Gasteiger partial charge in [-0.25, -0.2) is 0 Å². The minimum Gasteiger partial charge on any atom is -0.349 e. The summed E-state index contributed by atoms with van der Waals surface area (Å²) in [4.78, 5) is 12.4. The largest absolute Gasteiger partial charge is 0.349 e. The number of carbonyl (C=O) groups excluding carboxylic acids is 1. The summed E-state index contributed by atoms with van der Waals surface area (Å²) in [7, 11) is 0. The molecular weight excluding hydrogens is 224 g/mol. The topological polar surface area (TPSA) is 55.1 Å². The van der Waals surface area contributed by atoms with Crippen molar-refractivity contribution in [2.75, 3.05) is 0 Å². The van der Waals surface area contributed by atoms with Gasteiger partial charge in [-0.15, -0.1) is 0 Å². The average Bonchev–Trinajstić information content (AvgIpc) is 2.77. The molecule has 0 radical (unpaired) electrons. The Kier molecular flexibility index (Phi) is 3.44. The second-order valence-corrected chi connectivity index (χ2v) is 5.79. The van der Waals surface area contributed by atoms with Gasteiger partial charge in [0.1, 0.15) is 5.54 Å². The first-order valence-electron chi connectivity index (χ1n) is 6.61. The minimum atomic E-state index is -0.965. The van der Waals surface area contributed by atoms with Crippen molar-refractivity contribution in [2.45, 2.75) is 50.6 Å². The molecule has 0 saturated heterocycles. The van der Waals surface area contributed by atoms with Gasteiger partial charge in [0.25, 0.3) is 0 Å². The molecule has 3 heteroatoms. The molecule has 1 amide bonds. The molecule has 0 bridgehead atoms. The van der Waals surface area contributed by atoms with Crippen molar-refractivity contribution in [1.29, 1.82) is 0 Å². The zero-order valence-corrected chi connectivity index (χ0v) is 11.2. The molecule has 1 atom stereocenters. The van der Waals surface area contributed by atoms with E-state index in [1.54, 1.807) is 6.92 Å². The molecule has 0 aromatic heterocycles. The van der Waals surface area contributed by atoms with Gasteiger partial charge in [0.2, 0.25) is 5.91 Å². The molecule has 3 N–H and O–H groups in total. The number of amides is 1. The number of rotatable bonds is 3. The highest BCUT2D eigenvalue weighted by Gasteiger charge is 2.37. The normalized spacial score (nSPS) is 21.3. The summed E-state index contributed by atoms with van der Waals surface area (Å²) in [5.74, 6) is -0.0851. The SMILES string of the molecule is CC1(NC(=O)C(C)(N)c2ccccc2)CCCC1. The van der Waals surface area contributed by atoms with Gasteiger partial charge >= 0.3 is 0 Å². The highest BCUT2D eigenvalue weighted by atomic mass is 16.2. The van der Waals surface area contributed by atoms with Crippen LogP contribution in [0.25, 0.3) is 0 Å². The third kappa shape index (κ3) is 2.56. The Bertz CT molecular complexity index is 419. The van der Waals surface area contributed by atoms with Gasteiger partial charge in [-0.2, -0.15) is 0 Å². The van der Waals surface area contributed by atoms with Crippen molar-refractivity contribution in [3.63, 3.8) is 0 Å². The number of hydrogen-bond acceptors (Lipinski definition) is 2. The molecule has 18 heavy (non-hydrogen) atoms. The quantitative estimate of drug-likeness (QED) is 0.860. The van der Waals surface area contributed by atoms with Crippen LogP contribution in [-0.2, 0) is 10.3 Å². The zero-order chi connectivity index (χ0) is 13.2. The Balaban J connectivity index is 2.13. The monoisotopic (exact) mass is 246 g/mol. The number of nitrogens with one attached hydrogen (secondary N) is 1. The molecule has 98 valence electrons. The summed E-state index contributed by atoms with van der Waals surface area (Å²) in [6, 6.07) is 9.54. The Hall–Kier alpha value is -1.35. The highest BCUT2D eigenvalue weighted by molar-refractivity contribution is 5.87. The maximum atomic E-state index is 12.4. The molecule has 1 aromatic rings. The van der Waals surface area contributed by atoms with E-state index in [1.807, 2.05) is 30.3 Å². The second kappa shape index (κ2) is 4.73. The first-order chi connectivity index (χ1) is 8.44. The van der Waals surface area contributed by atoms with Crippen LogP contribution in [0.1, 0.15) is 45.1 Å². The summed E-state index contributed by atoms with van der Waals surface area (Å²) < 4.78 is 0. The molecule has 2 rings (SSSR count). The lowest BCUT2D eigenvalue weighted by Gasteiger charge is -2.32. The smallest absolute Gasteiger partial charge is 0.244 e. The average molecular weight is 246 g/mol. The third-order valence-electron chi connectivity index (χ3n) is 3.97. The van der Waals surface area contributed by atoms with Crippen LogP contribution in [0.3, 0.4) is 0 Å². The van der Waals surface area contributed by atoms with Crippen LogP contribution in [0.15, 0.2) is 30.3 Å². The summed E-state index contributed by atoms with van der Waals surface area (Å²) in [5, 5.41) is 3.13. The molecule has 1 fully saturated rings. The van der Waals surface area contributed by atoms with Crippen LogP contribution >= 0.6 is 0 Å². The van der Waals surface area contributed by atoms with Gasteiger partial charge in [0.05, 0.1) is 0 Å². The van der Waals surface area contributed by atoms with Crippen LogP contribution in [0.2, 0.25) is 0 Å². The summed E-state index contributed by atoms with van der Waals surface area (Å²) in [6.45, 7) is 3.88. The fourth-order valence-electron chi connectivity index (χ4n) is 2.60. The molecule has 1 aliphatic carbocycles. The van der Waals surface area contributed by atoms with E-state index in [1.165, 1.54) is 12.8 Å². The van der Waals surface area contributed by atoms with Crippen LogP contribution in [0, 0.1) is 0 Å². The first kappa shape index (κ1) is 13.1. The Morgan fingerprint density at radius 3 is 2.39 bits per heavy atom. The van der Waals surface area contributed by atoms with Crippen molar-refractivity contribution in [2.24, 2.45) is 5.73 Å². The highest BCUT2D eigenvalue weighted by Crippen LogP contribution is 2.30. The second-order valence-electron chi connectivity index (χ2n) is 5.79. The first-order valence-corrected chi connectivity index (χ1v) is 6.61. The maximum Gasteiger partial charge on any atom is 0.244 e. The Morgan fingerprint density at radius 1 is 1.28 bits per heavy atom. The van der Waals surface area contributed by atoms with E-state index in [-0.39, 0.29) is 11.4 Å². The van der Waals surface area contributed by atoms with Crippen molar-refractivity contribution < 1.29 is 4.79 Å². The van der Waals surface area contributed by atoms with E-state index in [0.29, 0.717) is 0 Å². The van der Waals surface area contributed by atoms with E-state index in [0.717, 1.165) is 18.4 Å². The van der Waals surface area contributed by atoms with E-state index >= 15 is 0 Å². The van der Waals surface area contributed by atoms with Crippen LogP contribution in [0.4, 0.5) is 0 Å². The molecule has 1 unspecified atom stereocenters. The van der Waals surface area contributed by atoms with Crippen molar-refractivity contribution in [1.82, 2.24) is 5.32 Å². The van der Waals surface area contributed by atoms with Gasteiger partial charge in [0.15, 0.2) is 0 Å². The molecule has 3 nitrogen and oxygen atoms in total. The van der Waals surface area contributed by atoms with Gasteiger partial charge in [-0.1, -0.05) is 43.2 Å². The van der Waals surface area contributed by atoms with Crippen LogP contribution in [-0.4, -0.2) is 11.4 Å². The number of hydrogen-bond donors (Lipinski definition) is 2. The lowest BCUT2D eigenvalue weighted by molar-refractivity contribution is -0.127. The molecular formula is C15H22N2O. The minimum absolute atomic E-state index is 0.0769. The lowest BCUT2D eigenvalue weighted by atomic mass is 9.90. The molecule has 1 aliphatic rings. The molecule has 1 aromatic carbocycles. The Morgan fingerprint density at radius 2 is 1.83 bits per heavy atom. The summed E-state index contributed by atoms with van der Waals surface area (Å²) in [6.07, 6.45) is 4.46. The third-order valence-corrected chi connectivity index (χ3v) is 3.97. The molecule has 1 saturated carbocycles. The van der Waals surface area contributed by atoms with E-state index < -0.39 is 5.54 Å². The van der Waals surface area contributed by atoms with E-state index in [9.17, 15) is 4.79 Å². The Labute approximate surface area is 109 Å². The van der Waals surface area contributed by atoms with Gasteiger partial charge in [-0.3, -0.25) is 4.79 Å².